The van der Waals surface area contributed by atoms with Crippen LogP contribution in [0.5, 0.6) is 0 Å². The zero-order chi connectivity index (χ0) is 16.4. The average Bonchev–Trinajstić information content (AvgIpc) is 2.96. The van der Waals surface area contributed by atoms with Crippen LogP contribution in [0.15, 0.2) is 35.7 Å². The van der Waals surface area contributed by atoms with E-state index in [-0.39, 0.29) is 12.0 Å². The Morgan fingerprint density at radius 2 is 2.04 bits per heavy atom. The van der Waals surface area contributed by atoms with E-state index in [1.54, 1.807) is 11.3 Å². The Kier molecular flexibility index (Phi) is 4.83. The second-order valence-electron chi connectivity index (χ2n) is 6.40. The summed E-state index contributed by atoms with van der Waals surface area (Å²) in [5, 5.41) is 11.6. The lowest BCUT2D eigenvalue weighted by Crippen LogP contribution is -2.41. The third-order valence-corrected chi connectivity index (χ3v) is 5.87. The fourth-order valence-electron chi connectivity index (χ4n) is 3.50. The average molecular weight is 329 g/mol. The number of aryl methyl sites for hydroxylation is 2. The standard InChI is InChI=1S/C19H23NO2S/c1-13-6-3-4-8-16(13)17(18-14(2)9-11-23-18)20-10-5-7-15(12-20)19(21)22/h3-4,6,8-9,11,15,17H,5,7,10,12H2,1-2H3,(H,21,22). The van der Waals surface area contributed by atoms with Gasteiger partial charge in [-0.25, -0.2) is 0 Å². The second kappa shape index (κ2) is 6.85. The molecule has 1 aromatic carbocycles. The molecule has 0 saturated carbocycles. The Morgan fingerprint density at radius 1 is 1.26 bits per heavy atom. The minimum Gasteiger partial charge on any atom is -0.481 e. The summed E-state index contributed by atoms with van der Waals surface area (Å²) in [6.45, 7) is 5.88. The molecule has 2 atom stereocenters. The van der Waals surface area contributed by atoms with Crippen LogP contribution in [0, 0.1) is 19.8 Å². The van der Waals surface area contributed by atoms with Crippen molar-refractivity contribution < 1.29 is 9.90 Å². The lowest BCUT2D eigenvalue weighted by molar-refractivity contribution is -0.143. The topological polar surface area (TPSA) is 40.5 Å². The highest BCUT2D eigenvalue weighted by Crippen LogP contribution is 2.38. The van der Waals surface area contributed by atoms with Gasteiger partial charge in [0.2, 0.25) is 0 Å². The lowest BCUT2D eigenvalue weighted by Gasteiger charge is -2.37. The summed E-state index contributed by atoms with van der Waals surface area (Å²) in [6.07, 6.45) is 1.74. The molecule has 0 radical (unpaired) electrons. The lowest BCUT2D eigenvalue weighted by atomic mass is 9.92. The van der Waals surface area contributed by atoms with Crippen LogP contribution in [-0.2, 0) is 4.79 Å². The molecule has 1 N–H and O–H groups in total. The number of thiophene rings is 1. The number of carboxylic acids is 1. The van der Waals surface area contributed by atoms with Gasteiger partial charge in [-0.05, 0) is 61.4 Å². The quantitative estimate of drug-likeness (QED) is 0.911. The Morgan fingerprint density at radius 3 is 2.70 bits per heavy atom. The molecule has 1 aromatic heterocycles. The summed E-state index contributed by atoms with van der Waals surface area (Å²) in [4.78, 5) is 15.2. The molecule has 122 valence electrons. The Bertz CT molecular complexity index is 694. The van der Waals surface area contributed by atoms with Gasteiger partial charge in [0.15, 0.2) is 0 Å². The molecule has 4 heteroatoms. The molecule has 23 heavy (non-hydrogen) atoms. The first kappa shape index (κ1) is 16.2. The summed E-state index contributed by atoms with van der Waals surface area (Å²) in [6, 6.07) is 10.8. The maximum atomic E-state index is 11.5. The van der Waals surface area contributed by atoms with Gasteiger partial charge in [0.1, 0.15) is 0 Å². The van der Waals surface area contributed by atoms with Gasteiger partial charge in [-0.1, -0.05) is 24.3 Å². The fraction of sp³-hybridized carbons (Fsp3) is 0.421. The van der Waals surface area contributed by atoms with Crippen LogP contribution in [0.1, 0.15) is 40.5 Å². The van der Waals surface area contributed by atoms with Crippen molar-refractivity contribution in [2.75, 3.05) is 13.1 Å². The zero-order valence-electron chi connectivity index (χ0n) is 13.7. The highest BCUT2D eigenvalue weighted by Gasteiger charge is 2.32. The summed E-state index contributed by atoms with van der Waals surface area (Å²) in [5.74, 6) is -0.920. The van der Waals surface area contributed by atoms with Gasteiger partial charge in [0, 0.05) is 11.4 Å². The maximum Gasteiger partial charge on any atom is 0.307 e. The SMILES string of the molecule is Cc1ccccc1C(c1sccc1C)N1CCCC(C(=O)O)C1. The van der Waals surface area contributed by atoms with E-state index in [0.717, 1.165) is 19.4 Å². The van der Waals surface area contributed by atoms with Crippen LogP contribution in [0.4, 0.5) is 0 Å². The Labute approximate surface area is 141 Å². The van der Waals surface area contributed by atoms with Crippen molar-refractivity contribution in [1.82, 2.24) is 4.90 Å². The van der Waals surface area contributed by atoms with E-state index < -0.39 is 5.97 Å². The fourth-order valence-corrected chi connectivity index (χ4v) is 4.58. The van der Waals surface area contributed by atoms with Gasteiger partial charge in [0.05, 0.1) is 12.0 Å². The van der Waals surface area contributed by atoms with Crippen LogP contribution in [-0.4, -0.2) is 29.1 Å². The van der Waals surface area contributed by atoms with Gasteiger partial charge in [0.25, 0.3) is 0 Å². The van der Waals surface area contributed by atoms with Crippen molar-refractivity contribution in [1.29, 1.82) is 0 Å². The van der Waals surface area contributed by atoms with Crippen LogP contribution < -0.4 is 0 Å². The molecule has 1 saturated heterocycles. The van der Waals surface area contributed by atoms with Crippen molar-refractivity contribution in [2.45, 2.75) is 32.7 Å². The number of likely N-dealkylation sites (tertiary alicyclic amines) is 1. The molecular formula is C19H23NO2S. The number of benzene rings is 1. The van der Waals surface area contributed by atoms with Crippen molar-refractivity contribution >= 4 is 17.3 Å². The van der Waals surface area contributed by atoms with Crippen molar-refractivity contribution in [3.8, 4) is 0 Å². The molecule has 1 aliphatic heterocycles. The predicted molar refractivity (Wildman–Crippen MR) is 94.0 cm³/mol. The van der Waals surface area contributed by atoms with Crippen molar-refractivity contribution in [3.63, 3.8) is 0 Å². The van der Waals surface area contributed by atoms with Gasteiger partial charge < -0.3 is 5.11 Å². The highest BCUT2D eigenvalue weighted by molar-refractivity contribution is 7.10. The first-order valence-electron chi connectivity index (χ1n) is 8.14. The number of carboxylic acid groups (broad SMARTS) is 1. The smallest absolute Gasteiger partial charge is 0.307 e. The third kappa shape index (κ3) is 3.33. The van der Waals surface area contributed by atoms with Crippen molar-refractivity contribution in [3.05, 3.63) is 57.3 Å². The second-order valence-corrected chi connectivity index (χ2v) is 7.35. The summed E-state index contributed by atoms with van der Waals surface area (Å²) < 4.78 is 0. The van der Waals surface area contributed by atoms with E-state index in [4.69, 9.17) is 0 Å². The highest BCUT2D eigenvalue weighted by atomic mass is 32.1. The first-order chi connectivity index (χ1) is 11.1. The van der Waals surface area contributed by atoms with Gasteiger partial charge in [-0.2, -0.15) is 0 Å². The van der Waals surface area contributed by atoms with Crippen LogP contribution in [0.25, 0.3) is 0 Å². The van der Waals surface area contributed by atoms with Gasteiger partial charge >= 0.3 is 5.97 Å². The molecule has 3 rings (SSSR count). The van der Waals surface area contributed by atoms with Gasteiger partial charge in [-0.3, -0.25) is 9.69 Å². The zero-order valence-corrected chi connectivity index (χ0v) is 14.5. The molecular weight excluding hydrogens is 306 g/mol. The number of piperidine rings is 1. The summed E-state index contributed by atoms with van der Waals surface area (Å²) in [7, 11) is 0. The molecule has 0 aliphatic carbocycles. The van der Waals surface area contributed by atoms with E-state index in [1.165, 1.54) is 21.6 Å². The third-order valence-electron chi connectivity index (χ3n) is 4.80. The maximum absolute atomic E-state index is 11.5. The molecule has 0 bridgehead atoms. The minimum atomic E-state index is -0.666. The number of nitrogens with zero attached hydrogens (tertiary/aromatic N) is 1. The summed E-state index contributed by atoms with van der Waals surface area (Å²) >= 11 is 1.78. The number of carbonyl (C=O) groups is 1. The number of hydrogen-bond acceptors (Lipinski definition) is 3. The van der Waals surface area contributed by atoms with Gasteiger partial charge in [-0.15, -0.1) is 11.3 Å². The molecule has 1 aliphatic rings. The van der Waals surface area contributed by atoms with Crippen LogP contribution in [0.2, 0.25) is 0 Å². The van der Waals surface area contributed by atoms with E-state index >= 15 is 0 Å². The minimum absolute atomic E-state index is 0.165. The number of rotatable bonds is 4. The Hall–Kier alpha value is -1.65. The first-order valence-corrected chi connectivity index (χ1v) is 9.02. The molecule has 1 fully saturated rings. The van der Waals surface area contributed by atoms with E-state index in [0.29, 0.717) is 6.54 Å². The largest absolute Gasteiger partial charge is 0.481 e. The molecule has 2 heterocycles. The van der Waals surface area contributed by atoms with E-state index in [2.05, 4.69) is 54.5 Å². The van der Waals surface area contributed by atoms with E-state index in [9.17, 15) is 9.90 Å². The predicted octanol–water partition coefficient (Wildman–Crippen LogP) is 4.25. The Balaban J connectivity index is 2.01. The molecule has 3 nitrogen and oxygen atoms in total. The molecule has 2 unspecified atom stereocenters. The molecule has 0 amide bonds. The monoisotopic (exact) mass is 329 g/mol. The number of aliphatic carboxylic acids is 1. The van der Waals surface area contributed by atoms with Crippen molar-refractivity contribution in [2.24, 2.45) is 5.92 Å². The number of hydrogen-bond donors (Lipinski definition) is 1. The van der Waals surface area contributed by atoms with Crippen LogP contribution >= 0.6 is 11.3 Å². The normalized spacial score (nSPS) is 20.3. The molecule has 0 spiro atoms. The van der Waals surface area contributed by atoms with Crippen LogP contribution in [0.3, 0.4) is 0 Å². The van der Waals surface area contributed by atoms with E-state index in [1.807, 2.05) is 0 Å². The summed E-state index contributed by atoms with van der Waals surface area (Å²) in [5.41, 5.74) is 3.85. The molecule has 2 aromatic rings.